The summed E-state index contributed by atoms with van der Waals surface area (Å²) in [5.41, 5.74) is 3.07. The van der Waals surface area contributed by atoms with Gasteiger partial charge in [-0.15, -0.1) is 11.3 Å². The van der Waals surface area contributed by atoms with Crippen LogP contribution in [-0.2, 0) is 11.2 Å². The van der Waals surface area contributed by atoms with Gasteiger partial charge in [-0.25, -0.2) is 9.78 Å². The van der Waals surface area contributed by atoms with Gasteiger partial charge in [0.25, 0.3) is 0 Å². The molecule has 28 heavy (non-hydrogen) atoms. The Morgan fingerprint density at radius 3 is 2.75 bits per heavy atom. The number of carbonyl (C=O) groups excluding carboxylic acids is 2. The summed E-state index contributed by atoms with van der Waals surface area (Å²) < 4.78 is 5.27. The third kappa shape index (κ3) is 4.20. The second-order valence-corrected chi connectivity index (χ2v) is 7.35. The van der Waals surface area contributed by atoms with E-state index >= 15 is 0 Å². The molecule has 4 rings (SSSR count). The van der Waals surface area contributed by atoms with Gasteiger partial charge in [0.1, 0.15) is 5.75 Å². The maximum atomic E-state index is 12.5. The van der Waals surface area contributed by atoms with E-state index in [2.05, 4.69) is 27.3 Å². The van der Waals surface area contributed by atoms with Gasteiger partial charge >= 0.3 is 5.97 Å². The normalized spacial score (nSPS) is 12.9. The molecule has 0 fully saturated rings. The average molecular weight is 393 g/mol. The molecule has 7 heteroatoms. The number of thiazole rings is 1. The van der Waals surface area contributed by atoms with E-state index in [9.17, 15) is 9.59 Å². The first-order valence-corrected chi connectivity index (χ1v) is 9.91. The first-order chi connectivity index (χ1) is 13.7. The largest absolute Gasteiger partial charge is 0.421 e. The summed E-state index contributed by atoms with van der Waals surface area (Å²) in [5.74, 6) is -0.164. The van der Waals surface area contributed by atoms with Crippen LogP contribution in [0.15, 0.2) is 60.1 Å². The molecule has 1 amide bonds. The van der Waals surface area contributed by atoms with Crippen molar-refractivity contribution in [3.63, 3.8) is 0 Å². The molecular formula is C21H19N3O3S. The molecule has 0 saturated heterocycles. The van der Waals surface area contributed by atoms with E-state index in [0.29, 0.717) is 23.0 Å². The third-order valence-electron chi connectivity index (χ3n) is 4.50. The van der Waals surface area contributed by atoms with Crippen LogP contribution in [0.4, 0.5) is 11.4 Å². The number of esters is 1. The molecule has 142 valence electrons. The van der Waals surface area contributed by atoms with E-state index in [1.165, 1.54) is 16.9 Å². The fraction of sp³-hybridized carbons (Fsp3) is 0.190. The molecule has 0 aliphatic carbocycles. The van der Waals surface area contributed by atoms with Crippen LogP contribution in [0.5, 0.6) is 5.75 Å². The Morgan fingerprint density at radius 1 is 1.14 bits per heavy atom. The highest BCUT2D eigenvalue weighted by Crippen LogP contribution is 2.26. The summed E-state index contributed by atoms with van der Waals surface area (Å²) in [4.78, 5) is 30.4. The van der Waals surface area contributed by atoms with Crippen LogP contribution in [0.1, 0.15) is 21.8 Å². The number of aromatic nitrogens is 1. The van der Waals surface area contributed by atoms with E-state index < -0.39 is 5.97 Å². The molecule has 2 aromatic carbocycles. The Hall–Kier alpha value is -3.19. The minimum absolute atomic E-state index is 0.0794. The average Bonchev–Trinajstić information content (AvgIpc) is 3.25. The zero-order chi connectivity index (χ0) is 19.3. The molecule has 2 heterocycles. The molecule has 1 N–H and O–H groups in total. The smallest absolute Gasteiger partial charge is 0.372 e. The topological polar surface area (TPSA) is 71.5 Å². The molecule has 1 aliphatic heterocycles. The van der Waals surface area contributed by atoms with Crippen LogP contribution in [0, 0.1) is 0 Å². The van der Waals surface area contributed by atoms with Crippen LogP contribution in [0.25, 0.3) is 0 Å². The van der Waals surface area contributed by atoms with Crippen molar-refractivity contribution in [2.75, 3.05) is 23.3 Å². The summed E-state index contributed by atoms with van der Waals surface area (Å²) in [6, 6.07) is 14.9. The van der Waals surface area contributed by atoms with Gasteiger partial charge in [-0.05, 0) is 48.7 Å². The molecule has 0 radical (unpaired) electrons. The van der Waals surface area contributed by atoms with Gasteiger partial charge in [0.2, 0.25) is 10.9 Å². The summed E-state index contributed by atoms with van der Waals surface area (Å²) in [5, 5.41) is 4.92. The molecule has 1 aromatic heterocycles. The Morgan fingerprint density at radius 2 is 1.96 bits per heavy atom. The van der Waals surface area contributed by atoms with Crippen molar-refractivity contribution in [2.24, 2.45) is 0 Å². The van der Waals surface area contributed by atoms with Gasteiger partial charge in [-0.1, -0.05) is 18.2 Å². The molecule has 0 atom stereocenters. The first-order valence-electron chi connectivity index (χ1n) is 9.03. The van der Waals surface area contributed by atoms with Crippen molar-refractivity contribution < 1.29 is 14.3 Å². The number of hydrogen-bond donors (Lipinski definition) is 1. The second kappa shape index (κ2) is 8.22. The number of ether oxygens (including phenoxy) is 1. The lowest BCUT2D eigenvalue weighted by molar-refractivity contribution is -0.115. The fourth-order valence-corrected chi connectivity index (χ4v) is 3.74. The van der Waals surface area contributed by atoms with Crippen LogP contribution in [0.3, 0.4) is 0 Å². The minimum atomic E-state index is -0.490. The second-order valence-electron chi connectivity index (χ2n) is 6.45. The molecule has 0 bridgehead atoms. The number of anilines is 2. The quantitative estimate of drug-likeness (QED) is 0.528. The number of hydrogen-bond acceptors (Lipinski definition) is 6. The Labute approximate surface area is 166 Å². The number of carbonyl (C=O) groups is 2. The van der Waals surface area contributed by atoms with Crippen molar-refractivity contribution in [2.45, 2.75) is 12.8 Å². The van der Waals surface area contributed by atoms with Crippen LogP contribution >= 0.6 is 11.3 Å². The SMILES string of the molecule is O=C(CN1CCCc2ccccc21)Nc1ccc(OC(=O)c2nccs2)cc1. The number of rotatable bonds is 5. The predicted molar refractivity (Wildman–Crippen MR) is 109 cm³/mol. The van der Waals surface area contributed by atoms with Gasteiger partial charge in [0.05, 0.1) is 6.54 Å². The number of nitrogens with one attached hydrogen (secondary N) is 1. The molecular weight excluding hydrogens is 374 g/mol. The van der Waals surface area contributed by atoms with Crippen molar-refractivity contribution in [1.82, 2.24) is 4.98 Å². The van der Waals surface area contributed by atoms with E-state index in [4.69, 9.17) is 4.74 Å². The highest BCUT2D eigenvalue weighted by Gasteiger charge is 2.18. The highest BCUT2D eigenvalue weighted by molar-refractivity contribution is 7.11. The number of benzene rings is 2. The van der Waals surface area contributed by atoms with Crippen molar-refractivity contribution in [3.05, 3.63) is 70.7 Å². The Bertz CT molecular complexity index is 971. The van der Waals surface area contributed by atoms with Crippen LogP contribution in [0.2, 0.25) is 0 Å². The molecule has 0 saturated carbocycles. The van der Waals surface area contributed by atoms with Crippen molar-refractivity contribution >= 4 is 34.6 Å². The van der Waals surface area contributed by atoms with Crippen LogP contribution in [-0.4, -0.2) is 29.9 Å². The minimum Gasteiger partial charge on any atom is -0.421 e. The zero-order valence-electron chi connectivity index (χ0n) is 15.1. The van der Waals surface area contributed by atoms with Crippen molar-refractivity contribution in [3.8, 4) is 5.75 Å². The van der Waals surface area contributed by atoms with E-state index in [1.807, 2.05) is 12.1 Å². The summed E-state index contributed by atoms with van der Waals surface area (Å²) in [7, 11) is 0. The number of aryl methyl sites for hydroxylation is 1. The number of amides is 1. The summed E-state index contributed by atoms with van der Waals surface area (Å²) >= 11 is 1.23. The van der Waals surface area contributed by atoms with Gasteiger partial charge in [-0.3, -0.25) is 4.79 Å². The number of fused-ring (bicyclic) bond motifs is 1. The Kier molecular flexibility index (Phi) is 5.34. The molecule has 0 spiro atoms. The van der Waals surface area contributed by atoms with Crippen molar-refractivity contribution in [1.29, 1.82) is 0 Å². The highest BCUT2D eigenvalue weighted by atomic mass is 32.1. The van der Waals surface area contributed by atoms with E-state index in [0.717, 1.165) is 25.1 Å². The summed E-state index contributed by atoms with van der Waals surface area (Å²) in [6.07, 6.45) is 3.65. The molecule has 6 nitrogen and oxygen atoms in total. The zero-order valence-corrected chi connectivity index (χ0v) is 15.9. The monoisotopic (exact) mass is 393 g/mol. The fourth-order valence-electron chi connectivity index (χ4n) is 3.23. The maximum absolute atomic E-state index is 12.5. The van der Waals surface area contributed by atoms with Gasteiger partial charge in [0.15, 0.2) is 0 Å². The maximum Gasteiger partial charge on any atom is 0.372 e. The lowest BCUT2D eigenvalue weighted by atomic mass is 10.0. The Balaban J connectivity index is 1.34. The molecule has 1 aliphatic rings. The lowest BCUT2D eigenvalue weighted by Crippen LogP contribution is -2.36. The van der Waals surface area contributed by atoms with Crippen LogP contribution < -0.4 is 15.0 Å². The molecule has 0 unspecified atom stereocenters. The van der Waals surface area contributed by atoms with E-state index in [-0.39, 0.29) is 5.91 Å². The van der Waals surface area contributed by atoms with Gasteiger partial charge in [0, 0.05) is 29.5 Å². The predicted octanol–water partition coefficient (Wildman–Crippen LogP) is 3.75. The van der Waals surface area contributed by atoms with E-state index in [1.54, 1.807) is 35.8 Å². The number of nitrogens with zero attached hydrogens (tertiary/aromatic N) is 2. The number of para-hydroxylation sites is 1. The summed E-state index contributed by atoms with van der Waals surface area (Å²) in [6.45, 7) is 1.17. The third-order valence-corrected chi connectivity index (χ3v) is 5.25. The first kappa shape index (κ1) is 18.2. The lowest BCUT2D eigenvalue weighted by Gasteiger charge is -2.30. The van der Waals surface area contributed by atoms with Gasteiger partial charge < -0.3 is 15.0 Å². The van der Waals surface area contributed by atoms with Gasteiger partial charge in [-0.2, -0.15) is 0 Å². The molecule has 3 aromatic rings. The standard InChI is InChI=1S/C21H19N3O3S/c25-19(14-24-12-3-5-15-4-1-2-6-18(15)24)23-16-7-9-17(10-8-16)27-21(26)20-22-11-13-28-20/h1-2,4,6-11,13H,3,5,12,14H2,(H,23,25).